The molecule has 6 heteroatoms. The predicted octanol–water partition coefficient (Wildman–Crippen LogP) is 4.55. The molecule has 0 radical (unpaired) electrons. The van der Waals surface area contributed by atoms with E-state index >= 15 is 0 Å². The fourth-order valence-electron chi connectivity index (χ4n) is 4.21. The van der Waals surface area contributed by atoms with Gasteiger partial charge in [0.1, 0.15) is 0 Å². The number of fused-ring (bicyclic) bond motifs is 1. The molecule has 6 nitrogen and oxygen atoms in total. The first kappa shape index (κ1) is 17.9. The first-order valence-electron chi connectivity index (χ1n) is 10.4. The van der Waals surface area contributed by atoms with Crippen LogP contribution >= 0.6 is 0 Å². The van der Waals surface area contributed by atoms with Gasteiger partial charge in [0.15, 0.2) is 5.82 Å². The van der Waals surface area contributed by atoms with Crippen molar-refractivity contribution in [3.8, 4) is 0 Å². The van der Waals surface area contributed by atoms with Gasteiger partial charge in [-0.25, -0.2) is 0 Å². The van der Waals surface area contributed by atoms with Gasteiger partial charge in [-0.05, 0) is 61.1 Å². The van der Waals surface area contributed by atoms with E-state index in [1.807, 2.05) is 0 Å². The average Bonchev–Trinajstić information content (AvgIpc) is 3.19. The highest BCUT2D eigenvalue weighted by molar-refractivity contribution is 5.68. The van der Waals surface area contributed by atoms with Gasteiger partial charge in [0.05, 0.1) is 6.20 Å². The van der Waals surface area contributed by atoms with Gasteiger partial charge in [0, 0.05) is 36.7 Å². The minimum Gasteiger partial charge on any atom is -0.372 e. The number of benzene rings is 2. The van der Waals surface area contributed by atoms with Gasteiger partial charge in [-0.15, -0.1) is 5.10 Å². The lowest BCUT2D eigenvalue weighted by Crippen LogP contribution is -2.32. The van der Waals surface area contributed by atoms with Crippen molar-refractivity contribution in [2.75, 3.05) is 34.8 Å². The molecule has 0 saturated carbocycles. The fourth-order valence-corrected chi connectivity index (χ4v) is 4.21. The van der Waals surface area contributed by atoms with Crippen LogP contribution in [0.3, 0.4) is 0 Å². The summed E-state index contributed by atoms with van der Waals surface area (Å²) < 4.78 is 0. The molecule has 0 aliphatic carbocycles. The third kappa shape index (κ3) is 3.75. The van der Waals surface area contributed by atoms with Crippen LogP contribution in [-0.4, -0.2) is 34.8 Å². The summed E-state index contributed by atoms with van der Waals surface area (Å²) in [4.78, 5) is 9.37. The molecule has 0 spiro atoms. The van der Waals surface area contributed by atoms with Gasteiger partial charge in [-0.1, -0.05) is 25.1 Å². The maximum atomic E-state index is 4.70. The van der Waals surface area contributed by atoms with Crippen molar-refractivity contribution >= 4 is 28.8 Å². The molecule has 5 rings (SSSR count). The normalized spacial score (nSPS) is 16.7. The molecule has 29 heavy (non-hydrogen) atoms. The van der Waals surface area contributed by atoms with E-state index in [0.717, 1.165) is 43.5 Å². The zero-order chi connectivity index (χ0) is 19.6. The van der Waals surface area contributed by atoms with Crippen molar-refractivity contribution in [1.29, 1.82) is 0 Å². The second-order valence-corrected chi connectivity index (χ2v) is 8.01. The van der Waals surface area contributed by atoms with Crippen molar-refractivity contribution < 1.29 is 0 Å². The minimum atomic E-state index is 0.520. The van der Waals surface area contributed by atoms with Crippen LogP contribution in [0.4, 0.5) is 28.8 Å². The second kappa shape index (κ2) is 7.70. The smallest absolute Gasteiger partial charge is 0.249 e. The lowest BCUT2D eigenvalue weighted by Gasteiger charge is -2.32. The Hall–Kier alpha value is -3.15. The summed E-state index contributed by atoms with van der Waals surface area (Å²) in [6.45, 7) is 5.54. The Morgan fingerprint density at radius 2 is 1.76 bits per heavy atom. The van der Waals surface area contributed by atoms with Gasteiger partial charge in [-0.3, -0.25) is 0 Å². The van der Waals surface area contributed by atoms with Crippen molar-refractivity contribution in [2.45, 2.75) is 26.2 Å². The zero-order valence-corrected chi connectivity index (χ0v) is 16.8. The highest BCUT2D eigenvalue weighted by atomic mass is 15.3. The van der Waals surface area contributed by atoms with Crippen LogP contribution in [0.15, 0.2) is 54.7 Å². The number of nitrogens with one attached hydrogen (secondary N) is 1. The van der Waals surface area contributed by atoms with E-state index in [-0.39, 0.29) is 0 Å². The predicted molar refractivity (Wildman–Crippen MR) is 117 cm³/mol. The lowest BCUT2D eigenvalue weighted by atomic mass is 9.99. The minimum absolute atomic E-state index is 0.520. The highest BCUT2D eigenvalue weighted by Gasteiger charge is 2.21. The molecule has 3 heterocycles. The molecule has 1 N–H and O–H groups in total. The Labute approximate surface area is 171 Å². The number of aromatic nitrogens is 3. The average molecular weight is 387 g/mol. The maximum Gasteiger partial charge on any atom is 0.249 e. The molecule has 0 bridgehead atoms. The van der Waals surface area contributed by atoms with Crippen molar-refractivity contribution in [3.63, 3.8) is 0 Å². The third-order valence-electron chi connectivity index (χ3n) is 5.98. The SMILES string of the molecule is CC1CCN(c2ccc(Nc3nncc(N4CCc5ccccc54)n3)cc2)CC1. The number of piperidine rings is 1. The summed E-state index contributed by atoms with van der Waals surface area (Å²) in [6, 6.07) is 17.0. The van der Waals surface area contributed by atoms with Crippen molar-refractivity contribution in [1.82, 2.24) is 15.2 Å². The van der Waals surface area contributed by atoms with E-state index in [1.165, 1.54) is 29.8 Å². The Morgan fingerprint density at radius 1 is 0.966 bits per heavy atom. The molecule has 0 atom stereocenters. The van der Waals surface area contributed by atoms with Gasteiger partial charge in [0.25, 0.3) is 0 Å². The van der Waals surface area contributed by atoms with E-state index < -0.39 is 0 Å². The molecule has 3 aromatic rings. The van der Waals surface area contributed by atoms with E-state index in [9.17, 15) is 0 Å². The molecule has 2 aliphatic heterocycles. The summed E-state index contributed by atoms with van der Waals surface area (Å²) in [7, 11) is 0. The van der Waals surface area contributed by atoms with Crippen LogP contribution in [0, 0.1) is 5.92 Å². The number of anilines is 5. The van der Waals surface area contributed by atoms with E-state index in [2.05, 4.69) is 80.8 Å². The molecule has 1 fully saturated rings. The largest absolute Gasteiger partial charge is 0.372 e. The number of rotatable bonds is 4. The molecule has 1 aromatic heterocycles. The first-order chi connectivity index (χ1) is 14.3. The van der Waals surface area contributed by atoms with Crippen LogP contribution in [0.25, 0.3) is 0 Å². The topological polar surface area (TPSA) is 57.2 Å². The Balaban J connectivity index is 1.30. The molecule has 2 aromatic carbocycles. The highest BCUT2D eigenvalue weighted by Crippen LogP contribution is 2.33. The quantitative estimate of drug-likeness (QED) is 0.710. The van der Waals surface area contributed by atoms with Gasteiger partial charge < -0.3 is 15.1 Å². The van der Waals surface area contributed by atoms with Crippen molar-refractivity contribution in [3.05, 3.63) is 60.3 Å². The molecular weight excluding hydrogens is 360 g/mol. The van der Waals surface area contributed by atoms with Crippen LogP contribution in [0.2, 0.25) is 0 Å². The second-order valence-electron chi connectivity index (χ2n) is 8.01. The van der Waals surface area contributed by atoms with Crippen LogP contribution in [-0.2, 0) is 6.42 Å². The molecule has 148 valence electrons. The maximum absolute atomic E-state index is 4.70. The molecule has 2 aliphatic rings. The van der Waals surface area contributed by atoms with E-state index in [0.29, 0.717) is 5.95 Å². The molecule has 1 saturated heterocycles. The molecule has 0 amide bonds. The first-order valence-corrected chi connectivity index (χ1v) is 10.4. The summed E-state index contributed by atoms with van der Waals surface area (Å²) >= 11 is 0. The Bertz CT molecular complexity index is 979. The summed E-state index contributed by atoms with van der Waals surface area (Å²) in [5.41, 5.74) is 4.81. The van der Waals surface area contributed by atoms with E-state index in [1.54, 1.807) is 6.20 Å². The summed E-state index contributed by atoms with van der Waals surface area (Å²) in [6.07, 6.45) is 5.30. The third-order valence-corrected chi connectivity index (χ3v) is 5.98. The fraction of sp³-hybridized carbons (Fsp3) is 0.348. The lowest BCUT2D eigenvalue weighted by molar-refractivity contribution is 0.438. The molecule has 0 unspecified atom stereocenters. The molecular formula is C23H26N6. The summed E-state index contributed by atoms with van der Waals surface area (Å²) in [5, 5.41) is 11.6. The Morgan fingerprint density at radius 3 is 2.59 bits per heavy atom. The number of hydrogen-bond acceptors (Lipinski definition) is 6. The Kier molecular flexibility index (Phi) is 4.76. The zero-order valence-electron chi connectivity index (χ0n) is 16.8. The van der Waals surface area contributed by atoms with Gasteiger partial charge >= 0.3 is 0 Å². The van der Waals surface area contributed by atoms with E-state index in [4.69, 9.17) is 4.98 Å². The van der Waals surface area contributed by atoms with Crippen molar-refractivity contribution in [2.24, 2.45) is 5.92 Å². The van der Waals surface area contributed by atoms with Gasteiger partial charge in [0.2, 0.25) is 5.95 Å². The monoisotopic (exact) mass is 386 g/mol. The van der Waals surface area contributed by atoms with Crippen LogP contribution < -0.4 is 15.1 Å². The number of nitrogens with zero attached hydrogens (tertiary/aromatic N) is 5. The van der Waals surface area contributed by atoms with Crippen LogP contribution in [0.1, 0.15) is 25.3 Å². The summed E-state index contributed by atoms with van der Waals surface area (Å²) in [5.74, 6) is 2.18. The number of hydrogen-bond donors (Lipinski definition) is 1. The van der Waals surface area contributed by atoms with Gasteiger partial charge in [-0.2, -0.15) is 10.1 Å². The standard InChI is InChI=1S/C23H26N6/c1-17-10-13-28(14-11-17)20-8-6-19(7-9-20)25-23-26-22(16-24-27-23)29-15-12-18-4-2-3-5-21(18)29/h2-9,16-17H,10-15H2,1H3,(H,25,26,27). The van der Waals surface area contributed by atoms with Crippen LogP contribution in [0.5, 0.6) is 0 Å². The number of para-hydroxylation sites is 1.